The fourth-order valence-corrected chi connectivity index (χ4v) is 3.84. The van der Waals surface area contributed by atoms with Gasteiger partial charge in [-0.25, -0.2) is 0 Å². The van der Waals surface area contributed by atoms with E-state index in [4.69, 9.17) is 18.9 Å². The maximum absolute atomic E-state index is 6.30. The molecule has 0 spiro atoms. The molecule has 2 fully saturated rings. The van der Waals surface area contributed by atoms with E-state index in [0.29, 0.717) is 19.8 Å². The van der Waals surface area contributed by atoms with Gasteiger partial charge in [0.05, 0.1) is 25.9 Å². The third kappa shape index (κ3) is 3.29. The summed E-state index contributed by atoms with van der Waals surface area (Å²) in [5.74, 6) is 0. The highest BCUT2D eigenvalue weighted by Gasteiger charge is 2.48. The van der Waals surface area contributed by atoms with Crippen molar-refractivity contribution >= 4 is 6.08 Å². The average Bonchev–Trinajstić information content (AvgIpc) is 3.18. The molecule has 0 unspecified atom stereocenters. The second kappa shape index (κ2) is 7.36. The van der Waals surface area contributed by atoms with Gasteiger partial charge < -0.3 is 18.9 Å². The number of hydrogen-bond donors (Lipinski definition) is 0. The Labute approximate surface area is 143 Å². The Bertz CT molecular complexity index is 597. The summed E-state index contributed by atoms with van der Waals surface area (Å²) >= 11 is 0. The molecule has 3 aliphatic rings. The molecule has 130 valence electrons. The van der Waals surface area contributed by atoms with Crippen LogP contribution in [0.4, 0.5) is 0 Å². The highest BCUT2D eigenvalue weighted by Crippen LogP contribution is 2.33. The van der Waals surface area contributed by atoms with E-state index in [1.807, 2.05) is 0 Å². The molecular formula is C20H26O4. The fourth-order valence-electron chi connectivity index (χ4n) is 3.84. The third-order valence-corrected chi connectivity index (χ3v) is 5.08. The smallest absolute Gasteiger partial charge is 0.186 e. The highest BCUT2D eigenvalue weighted by molar-refractivity contribution is 5.63. The summed E-state index contributed by atoms with van der Waals surface area (Å²) in [5.41, 5.74) is 4.03. The van der Waals surface area contributed by atoms with Crippen LogP contribution in [-0.2, 0) is 25.4 Å². The van der Waals surface area contributed by atoms with Crippen LogP contribution in [0.3, 0.4) is 0 Å². The van der Waals surface area contributed by atoms with E-state index in [1.165, 1.54) is 16.7 Å². The quantitative estimate of drug-likeness (QED) is 0.802. The molecule has 0 amide bonds. The first-order valence-electron chi connectivity index (χ1n) is 9.13. The summed E-state index contributed by atoms with van der Waals surface area (Å²) in [5, 5.41) is 0. The van der Waals surface area contributed by atoms with E-state index in [1.54, 1.807) is 0 Å². The van der Waals surface area contributed by atoms with Gasteiger partial charge in [-0.05, 0) is 29.5 Å². The molecule has 0 aromatic heterocycles. The third-order valence-electron chi connectivity index (χ3n) is 5.08. The molecule has 0 bridgehead atoms. The minimum absolute atomic E-state index is 0.0357. The number of fused-ring (bicyclic) bond motifs is 2. The van der Waals surface area contributed by atoms with Gasteiger partial charge in [0.15, 0.2) is 6.29 Å². The van der Waals surface area contributed by atoms with E-state index in [9.17, 15) is 0 Å². The molecule has 0 N–H and O–H groups in total. The highest BCUT2D eigenvalue weighted by atomic mass is 16.7. The Morgan fingerprint density at radius 1 is 1.17 bits per heavy atom. The molecule has 4 atom stereocenters. The van der Waals surface area contributed by atoms with E-state index in [2.05, 4.69) is 37.3 Å². The van der Waals surface area contributed by atoms with Gasteiger partial charge >= 0.3 is 0 Å². The summed E-state index contributed by atoms with van der Waals surface area (Å²) in [7, 11) is 0. The van der Waals surface area contributed by atoms with Crippen LogP contribution in [-0.4, -0.2) is 44.4 Å². The van der Waals surface area contributed by atoms with Crippen LogP contribution < -0.4 is 0 Å². The second-order valence-electron chi connectivity index (χ2n) is 6.85. The number of hydrogen-bond acceptors (Lipinski definition) is 4. The molecule has 4 rings (SSSR count). The topological polar surface area (TPSA) is 36.9 Å². The lowest BCUT2D eigenvalue weighted by molar-refractivity contribution is -0.221. The van der Waals surface area contributed by atoms with Gasteiger partial charge in [-0.1, -0.05) is 50.1 Å². The maximum atomic E-state index is 6.30. The predicted octanol–water partition coefficient (Wildman–Crippen LogP) is 3.34. The molecule has 2 aliphatic heterocycles. The zero-order valence-electron chi connectivity index (χ0n) is 14.3. The van der Waals surface area contributed by atoms with Crippen molar-refractivity contribution in [1.82, 2.24) is 0 Å². The van der Waals surface area contributed by atoms with Crippen LogP contribution in [0.1, 0.15) is 37.3 Å². The lowest BCUT2D eigenvalue weighted by atomic mass is 10.0. The van der Waals surface area contributed by atoms with E-state index < -0.39 is 0 Å². The van der Waals surface area contributed by atoms with Crippen molar-refractivity contribution in [1.29, 1.82) is 0 Å². The van der Waals surface area contributed by atoms with Gasteiger partial charge in [0.1, 0.15) is 12.2 Å². The van der Waals surface area contributed by atoms with Crippen LogP contribution >= 0.6 is 0 Å². The largest absolute Gasteiger partial charge is 0.368 e. The van der Waals surface area contributed by atoms with E-state index in [0.717, 1.165) is 25.7 Å². The summed E-state index contributed by atoms with van der Waals surface area (Å²) < 4.78 is 24.0. The minimum atomic E-state index is -0.264. The summed E-state index contributed by atoms with van der Waals surface area (Å²) in [6.45, 7) is 4.07. The number of unbranched alkanes of at least 4 members (excludes halogenated alkanes) is 1. The van der Waals surface area contributed by atoms with Crippen LogP contribution in [0.2, 0.25) is 0 Å². The van der Waals surface area contributed by atoms with Crippen molar-refractivity contribution in [3.05, 3.63) is 41.0 Å². The molecule has 2 saturated heterocycles. The van der Waals surface area contributed by atoms with Crippen LogP contribution in [0, 0.1) is 0 Å². The van der Waals surface area contributed by atoms with Gasteiger partial charge in [0.25, 0.3) is 0 Å². The Balaban J connectivity index is 1.40. The zero-order chi connectivity index (χ0) is 16.4. The van der Waals surface area contributed by atoms with Crippen LogP contribution in [0.5, 0.6) is 0 Å². The van der Waals surface area contributed by atoms with Gasteiger partial charge in [0, 0.05) is 0 Å². The van der Waals surface area contributed by atoms with Crippen molar-refractivity contribution in [3.63, 3.8) is 0 Å². The average molecular weight is 330 g/mol. The predicted molar refractivity (Wildman–Crippen MR) is 91.7 cm³/mol. The molecule has 1 aromatic rings. The molecule has 1 aromatic carbocycles. The number of ether oxygens (including phenoxy) is 4. The molecule has 4 heteroatoms. The molecule has 0 saturated carbocycles. The molecule has 0 radical (unpaired) electrons. The zero-order valence-corrected chi connectivity index (χ0v) is 14.3. The van der Waals surface area contributed by atoms with Gasteiger partial charge in [0.2, 0.25) is 0 Å². The second-order valence-corrected chi connectivity index (χ2v) is 6.85. The van der Waals surface area contributed by atoms with E-state index >= 15 is 0 Å². The van der Waals surface area contributed by atoms with Crippen molar-refractivity contribution in [3.8, 4) is 0 Å². The fraction of sp³-hybridized carbons (Fsp3) is 0.600. The molecule has 2 heterocycles. The molecule has 1 aliphatic carbocycles. The van der Waals surface area contributed by atoms with Crippen LogP contribution in [0.15, 0.2) is 29.8 Å². The number of rotatable bonds is 6. The number of benzene rings is 1. The Morgan fingerprint density at radius 3 is 2.92 bits per heavy atom. The first kappa shape index (κ1) is 16.3. The standard InChI is InChI=1S/C20H26O4/c1-2-3-8-17-18(19-20(24-17)22-10-9-21-19)23-13-14-11-15-6-4-5-7-16(15)12-14/h4-7,11,17-20H,2-3,8-10,12-13H2,1H3/t17-,18+,19-,20+/m1/s1. The maximum Gasteiger partial charge on any atom is 0.186 e. The lowest BCUT2D eigenvalue weighted by Crippen LogP contribution is -2.42. The van der Waals surface area contributed by atoms with Gasteiger partial charge in [-0.15, -0.1) is 0 Å². The normalized spacial score (nSPS) is 31.6. The first-order valence-corrected chi connectivity index (χ1v) is 9.13. The summed E-state index contributed by atoms with van der Waals surface area (Å²) in [4.78, 5) is 0. The lowest BCUT2D eigenvalue weighted by Gasteiger charge is -2.28. The molecular weight excluding hydrogens is 304 g/mol. The first-order chi connectivity index (χ1) is 11.8. The Morgan fingerprint density at radius 2 is 2.04 bits per heavy atom. The van der Waals surface area contributed by atoms with Gasteiger partial charge in [-0.3, -0.25) is 0 Å². The Kier molecular flexibility index (Phi) is 4.99. The van der Waals surface area contributed by atoms with Gasteiger partial charge in [-0.2, -0.15) is 0 Å². The van der Waals surface area contributed by atoms with E-state index in [-0.39, 0.29) is 24.6 Å². The minimum Gasteiger partial charge on any atom is -0.368 e. The molecule has 4 nitrogen and oxygen atoms in total. The monoisotopic (exact) mass is 330 g/mol. The van der Waals surface area contributed by atoms with Crippen molar-refractivity contribution in [2.24, 2.45) is 0 Å². The summed E-state index contributed by atoms with van der Waals surface area (Å²) in [6.07, 6.45) is 6.21. The Hall–Kier alpha value is -1.20. The SMILES string of the molecule is CCCC[C@H]1O[C@@H]2OCCO[C@@H]2[C@H]1OCC1=Cc2ccccc2C1. The molecule has 24 heavy (non-hydrogen) atoms. The van der Waals surface area contributed by atoms with Crippen molar-refractivity contribution < 1.29 is 18.9 Å². The summed E-state index contributed by atoms with van der Waals surface area (Å²) in [6, 6.07) is 8.54. The van der Waals surface area contributed by atoms with Crippen molar-refractivity contribution in [2.45, 2.75) is 57.2 Å². The van der Waals surface area contributed by atoms with Crippen LogP contribution in [0.25, 0.3) is 6.08 Å². The van der Waals surface area contributed by atoms with Crippen molar-refractivity contribution in [2.75, 3.05) is 19.8 Å².